The molecule has 1 unspecified atom stereocenters. The molecule has 0 bridgehead atoms. The molecule has 0 aliphatic heterocycles. The van der Waals surface area contributed by atoms with E-state index in [1.165, 1.54) is 131 Å². The number of thiophene rings is 1. The molecule has 0 radical (unpaired) electrons. The Labute approximate surface area is 463 Å². The largest absolute Gasteiger partial charge is 0.310 e. The molecule has 0 saturated carbocycles. The summed E-state index contributed by atoms with van der Waals surface area (Å²) in [5.74, 6) is 0. The first-order valence-corrected chi connectivity index (χ1v) is 28.4. The summed E-state index contributed by atoms with van der Waals surface area (Å²) in [4.78, 5) is 2.42. The first kappa shape index (κ1) is 44.6. The molecular weight excluding hydrogens is 973 g/mol. The molecule has 79 heavy (non-hydrogen) atoms. The first-order valence-electron chi connectivity index (χ1n) is 27.6. The van der Waals surface area contributed by atoms with Crippen molar-refractivity contribution in [2.24, 2.45) is 0 Å². The molecule has 0 saturated heterocycles. The Hall–Kier alpha value is -9.54. The minimum atomic E-state index is -0.430. The van der Waals surface area contributed by atoms with Crippen LogP contribution < -0.4 is 4.90 Å². The van der Waals surface area contributed by atoms with Gasteiger partial charge in [0.2, 0.25) is 0 Å². The van der Waals surface area contributed by atoms with Crippen molar-refractivity contribution in [2.45, 2.75) is 24.7 Å². The minimum Gasteiger partial charge on any atom is -0.310 e. The Morgan fingerprint density at radius 1 is 0.329 bits per heavy atom. The summed E-state index contributed by atoms with van der Waals surface area (Å²) < 4.78 is 5.20. The fraction of sp³-hybridized carbons (Fsp3) is 0.0526. The topological polar surface area (TPSA) is 8.17 Å². The van der Waals surface area contributed by atoms with Gasteiger partial charge in [-0.1, -0.05) is 208 Å². The van der Waals surface area contributed by atoms with Gasteiger partial charge in [-0.25, -0.2) is 0 Å². The molecule has 12 aromatic carbocycles. The number of rotatable bonds is 6. The van der Waals surface area contributed by atoms with Crippen LogP contribution in [-0.4, -0.2) is 4.57 Å². The molecule has 1 atom stereocenters. The van der Waals surface area contributed by atoms with E-state index in [4.69, 9.17) is 0 Å². The first-order chi connectivity index (χ1) is 38.9. The highest BCUT2D eigenvalue weighted by Gasteiger charge is 2.52. The molecule has 3 aliphatic carbocycles. The van der Waals surface area contributed by atoms with Crippen molar-refractivity contribution in [3.05, 3.63) is 300 Å². The highest BCUT2D eigenvalue weighted by atomic mass is 32.1. The van der Waals surface area contributed by atoms with Crippen LogP contribution in [0.5, 0.6) is 0 Å². The van der Waals surface area contributed by atoms with Gasteiger partial charge in [-0.05, 0) is 156 Å². The van der Waals surface area contributed by atoms with Gasteiger partial charge in [-0.2, -0.15) is 0 Å². The summed E-state index contributed by atoms with van der Waals surface area (Å²) in [5.41, 5.74) is 27.3. The van der Waals surface area contributed by atoms with Crippen LogP contribution in [0.4, 0.5) is 17.1 Å². The molecule has 0 fully saturated rings. The molecule has 1 spiro atoms. The van der Waals surface area contributed by atoms with Crippen molar-refractivity contribution in [1.82, 2.24) is 4.57 Å². The number of benzene rings is 12. The van der Waals surface area contributed by atoms with Gasteiger partial charge in [0.1, 0.15) is 0 Å². The minimum absolute atomic E-state index is 0.116. The smallest absolute Gasteiger partial charge is 0.0726 e. The molecule has 2 heterocycles. The number of anilines is 3. The van der Waals surface area contributed by atoms with E-state index in [0.717, 1.165) is 22.7 Å². The SMILES string of the molecule is CC1(C)c2ccccc2-c2ccc(N(c3ccc(-c4ccccc4)cc3)c3ccc(-c4ccc5c(c4)c4ccccc4n5-c4ccc5c(c4)-c4ccccc4C54c5ccccc5-c5c4ccc4c5sc5ccccc54)cc3)cc21. The summed E-state index contributed by atoms with van der Waals surface area (Å²) in [6, 6.07) is 100. The second-order valence-corrected chi connectivity index (χ2v) is 23.4. The van der Waals surface area contributed by atoms with Crippen LogP contribution in [0, 0.1) is 0 Å². The van der Waals surface area contributed by atoms with E-state index >= 15 is 0 Å². The third kappa shape index (κ3) is 6.17. The zero-order valence-corrected chi connectivity index (χ0v) is 44.5. The van der Waals surface area contributed by atoms with Crippen LogP contribution in [0.2, 0.25) is 0 Å². The third-order valence-electron chi connectivity index (χ3n) is 18.0. The van der Waals surface area contributed by atoms with Crippen molar-refractivity contribution in [1.29, 1.82) is 0 Å². The van der Waals surface area contributed by atoms with Gasteiger partial charge in [0.15, 0.2) is 0 Å². The van der Waals surface area contributed by atoms with E-state index in [1.807, 2.05) is 11.3 Å². The normalized spacial score (nSPS) is 15.1. The molecule has 3 heteroatoms. The van der Waals surface area contributed by atoms with Crippen LogP contribution in [0.25, 0.3) is 103 Å². The average molecular weight is 1020 g/mol. The summed E-state index contributed by atoms with van der Waals surface area (Å²) in [6.45, 7) is 4.72. The average Bonchev–Trinajstić information content (AvgIpc) is 3.45. The monoisotopic (exact) mass is 1020 g/mol. The number of para-hydroxylation sites is 1. The van der Waals surface area contributed by atoms with Gasteiger partial charge in [-0.15, -0.1) is 11.3 Å². The zero-order valence-electron chi connectivity index (χ0n) is 43.7. The number of aromatic nitrogens is 1. The van der Waals surface area contributed by atoms with Crippen molar-refractivity contribution >= 4 is 70.4 Å². The van der Waals surface area contributed by atoms with Crippen LogP contribution in [-0.2, 0) is 10.8 Å². The predicted molar refractivity (Wildman–Crippen MR) is 333 cm³/mol. The van der Waals surface area contributed by atoms with Gasteiger partial charge in [0, 0.05) is 64.7 Å². The molecular formula is C76H50N2S. The van der Waals surface area contributed by atoms with Crippen LogP contribution >= 0.6 is 11.3 Å². The number of hydrogen-bond acceptors (Lipinski definition) is 2. The molecule has 370 valence electrons. The fourth-order valence-electron chi connectivity index (χ4n) is 14.5. The Kier molecular flexibility index (Phi) is 9.30. The lowest BCUT2D eigenvalue weighted by atomic mass is 9.70. The Morgan fingerprint density at radius 3 is 1.65 bits per heavy atom. The van der Waals surface area contributed by atoms with Crippen molar-refractivity contribution < 1.29 is 0 Å². The van der Waals surface area contributed by atoms with Crippen molar-refractivity contribution in [2.75, 3.05) is 4.90 Å². The van der Waals surface area contributed by atoms with Gasteiger partial charge >= 0.3 is 0 Å². The standard InChI is InChI=1S/C76H50N2S/c1-75(2)64-23-11-6-18-55(64)57-39-37-54(46-69(57)75)77(51-33-28-48(29-34-51)47-16-4-3-5-17-47)52-35-30-49(31-36-52)50-32-43-71-63(44-50)58-20-9-14-26-70(58)78(71)53-38-41-67-62(45-53)56-19-7-12-24-65(56)76(67)66-25-13-8-22-61(66)73-68(76)42-40-60-59-21-10-15-27-72(59)79-74(60)73/h3-46H,1-2H3. The maximum absolute atomic E-state index is 2.49. The number of nitrogens with zero attached hydrogens (tertiary/aromatic N) is 2. The van der Waals surface area contributed by atoms with Crippen LogP contribution in [0.1, 0.15) is 47.2 Å². The van der Waals surface area contributed by atoms with E-state index in [9.17, 15) is 0 Å². The van der Waals surface area contributed by atoms with E-state index in [-0.39, 0.29) is 5.41 Å². The second-order valence-electron chi connectivity index (χ2n) is 22.3. The lowest BCUT2D eigenvalue weighted by molar-refractivity contribution is 0.660. The maximum atomic E-state index is 2.49. The molecule has 14 aromatic rings. The zero-order chi connectivity index (χ0) is 52.1. The second kappa shape index (κ2) is 16.5. The summed E-state index contributed by atoms with van der Waals surface area (Å²) >= 11 is 1.93. The summed E-state index contributed by atoms with van der Waals surface area (Å²) in [6.07, 6.45) is 0. The summed E-state index contributed by atoms with van der Waals surface area (Å²) in [5, 5.41) is 5.16. The highest BCUT2D eigenvalue weighted by molar-refractivity contribution is 7.26. The quantitative estimate of drug-likeness (QED) is 0.161. The molecule has 17 rings (SSSR count). The van der Waals surface area contributed by atoms with E-state index in [2.05, 4.69) is 290 Å². The van der Waals surface area contributed by atoms with Gasteiger partial charge in [-0.3, -0.25) is 0 Å². The molecule has 0 N–H and O–H groups in total. The lowest BCUT2D eigenvalue weighted by Crippen LogP contribution is -2.25. The third-order valence-corrected chi connectivity index (χ3v) is 19.2. The molecule has 3 aliphatic rings. The van der Waals surface area contributed by atoms with E-state index in [0.29, 0.717) is 0 Å². The Morgan fingerprint density at radius 2 is 0.873 bits per heavy atom. The molecule has 2 nitrogen and oxygen atoms in total. The van der Waals surface area contributed by atoms with E-state index < -0.39 is 5.41 Å². The van der Waals surface area contributed by atoms with Crippen molar-refractivity contribution in [3.63, 3.8) is 0 Å². The summed E-state index contributed by atoms with van der Waals surface area (Å²) in [7, 11) is 0. The number of hydrogen-bond donors (Lipinski definition) is 0. The Balaban J connectivity index is 0.772. The highest BCUT2D eigenvalue weighted by Crippen LogP contribution is 2.65. The maximum Gasteiger partial charge on any atom is 0.0726 e. The van der Waals surface area contributed by atoms with Gasteiger partial charge < -0.3 is 9.47 Å². The van der Waals surface area contributed by atoms with Gasteiger partial charge in [0.25, 0.3) is 0 Å². The van der Waals surface area contributed by atoms with Crippen molar-refractivity contribution in [3.8, 4) is 61.3 Å². The van der Waals surface area contributed by atoms with Crippen LogP contribution in [0.15, 0.2) is 267 Å². The predicted octanol–water partition coefficient (Wildman–Crippen LogP) is 20.6. The molecule has 0 amide bonds. The van der Waals surface area contributed by atoms with Crippen LogP contribution in [0.3, 0.4) is 0 Å². The van der Waals surface area contributed by atoms with E-state index in [1.54, 1.807) is 0 Å². The lowest BCUT2D eigenvalue weighted by Gasteiger charge is -2.30. The fourth-order valence-corrected chi connectivity index (χ4v) is 15.7. The Bertz CT molecular complexity index is 4860. The number of fused-ring (bicyclic) bond motifs is 20. The molecule has 2 aromatic heterocycles. The van der Waals surface area contributed by atoms with Gasteiger partial charge in [0.05, 0.1) is 16.4 Å².